The second-order valence-electron chi connectivity index (χ2n) is 5.87. The second kappa shape index (κ2) is 8.25. The maximum absolute atomic E-state index is 12.5. The monoisotopic (exact) mass is 347 g/mol. The maximum atomic E-state index is 12.5. The molecule has 132 valence electrons. The molecule has 0 radical (unpaired) electrons. The van der Waals surface area contributed by atoms with Gasteiger partial charge in [0.05, 0.1) is 18.7 Å². The Morgan fingerprint density at radius 3 is 2.27 bits per heavy atom. The molecule has 1 N–H and O–H groups in total. The van der Waals surface area contributed by atoms with Crippen molar-refractivity contribution < 1.29 is 9.53 Å². The summed E-state index contributed by atoms with van der Waals surface area (Å²) < 4.78 is 5.18. The average molecular weight is 347 g/mol. The van der Waals surface area contributed by atoms with Crippen LogP contribution in [0.25, 0.3) is 11.4 Å². The van der Waals surface area contributed by atoms with E-state index in [-0.39, 0.29) is 11.9 Å². The summed E-state index contributed by atoms with van der Waals surface area (Å²) in [7, 11) is 1.63. The van der Waals surface area contributed by atoms with Crippen LogP contribution in [-0.2, 0) is 0 Å². The molecule has 3 rings (SSSR count). The van der Waals surface area contributed by atoms with Crippen LogP contribution in [0.5, 0.6) is 5.75 Å². The predicted octanol–water partition coefficient (Wildman–Crippen LogP) is 4.03. The van der Waals surface area contributed by atoms with Crippen LogP contribution < -0.4 is 10.1 Å². The topological polar surface area (TPSA) is 64.1 Å². The van der Waals surface area contributed by atoms with Gasteiger partial charge in [-0.1, -0.05) is 49.4 Å². The molecule has 0 saturated heterocycles. The summed E-state index contributed by atoms with van der Waals surface area (Å²) in [4.78, 5) is 21.2. The van der Waals surface area contributed by atoms with Gasteiger partial charge in [0.25, 0.3) is 5.91 Å². The van der Waals surface area contributed by atoms with E-state index in [0.29, 0.717) is 11.4 Å². The molecule has 0 spiro atoms. The summed E-state index contributed by atoms with van der Waals surface area (Å²) in [6.07, 6.45) is 3.90. The molecule has 1 atom stereocenters. The van der Waals surface area contributed by atoms with Crippen LogP contribution in [0, 0.1) is 0 Å². The minimum atomic E-state index is -0.188. The number of hydrogen-bond donors (Lipinski definition) is 1. The zero-order valence-corrected chi connectivity index (χ0v) is 14.8. The Kier molecular flexibility index (Phi) is 5.59. The first-order valence-electron chi connectivity index (χ1n) is 8.53. The summed E-state index contributed by atoms with van der Waals surface area (Å²) in [5.41, 5.74) is 2.39. The first kappa shape index (κ1) is 17.6. The van der Waals surface area contributed by atoms with Crippen LogP contribution in [0.3, 0.4) is 0 Å². The van der Waals surface area contributed by atoms with Gasteiger partial charge in [0.15, 0.2) is 5.82 Å². The van der Waals surface area contributed by atoms with E-state index in [1.165, 1.54) is 0 Å². The van der Waals surface area contributed by atoms with E-state index in [1.807, 2.05) is 61.5 Å². The Morgan fingerprint density at radius 2 is 1.69 bits per heavy atom. The zero-order chi connectivity index (χ0) is 18.4. The third kappa shape index (κ3) is 4.06. The Bertz CT molecular complexity index is 847. The molecule has 0 aliphatic rings. The summed E-state index contributed by atoms with van der Waals surface area (Å²) in [6, 6.07) is 17.3. The van der Waals surface area contributed by atoms with Gasteiger partial charge in [-0.2, -0.15) is 0 Å². The van der Waals surface area contributed by atoms with Crippen LogP contribution in [0.2, 0.25) is 0 Å². The summed E-state index contributed by atoms with van der Waals surface area (Å²) in [5, 5.41) is 3.04. The van der Waals surface area contributed by atoms with Crippen molar-refractivity contribution in [1.82, 2.24) is 15.3 Å². The van der Waals surface area contributed by atoms with E-state index in [1.54, 1.807) is 19.5 Å². The number of ether oxygens (including phenoxy) is 1. The number of hydrogen-bond acceptors (Lipinski definition) is 4. The highest BCUT2D eigenvalue weighted by atomic mass is 16.5. The fourth-order valence-electron chi connectivity index (χ4n) is 2.68. The van der Waals surface area contributed by atoms with Gasteiger partial charge in [-0.05, 0) is 24.1 Å². The van der Waals surface area contributed by atoms with Crippen molar-refractivity contribution in [3.63, 3.8) is 0 Å². The Hall–Kier alpha value is -3.21. The number of amides is 1. The lowest BCUT2D eigenvalue weighted by Crippen LogP contribution is -2.28. The van der Waals surface area contributed by atoms with Crippen molar-refractivity contribution in [1.29, 1.82) is 0 Å². The molecule has 1 aromatic heterocycles. The number of carbonyl (C=O) groups is 1. The van der Waals surface area contributed by atoms with Crippen molar-refractivity contribution in [2.75, 3.05) is 7.11 Å². The molecule has 26 heavy (non-hydrogen) atoms. The highest BCUT2D eigenvalue weighted by Crippen LogP contribution is 2.21. The van der Waals surface area contributed by atoms with Crippen molar-refractivity contribution in [3.8, 4) is 17.1 Å². The van der Waals surface area contributed by atoms with E-state index in [2.05, 4.69) is 15.3 Å². The van der Waals surface area contributed by atoms with Crippen molar-refractivity contribution in [2.24, 2.45) is 0 Å². The lowest BCUT2D eigenvalue weighted by molar-refractivity contribution is 0.0935. The van der Waals surface area contributed by atoms with Crippen molar-refractivity contribution in [3.05, 3.63) is 78.1 Å². The molecule has 0 aliphatic carbocycles. The first-order valence-corrected chi connectivity index (χ1v) is 8.53. The molecule has 0 bridgehead atoms. The van der Waals surface area contributed by atoms with E-state index in [4.69, 9.17) is 4.74 Å². The molecule has 1 heterocycles. The minimum Gasteiger partial charge on any atom is -0.497 e. The molecule has 1 unspecified atom stereocenters. The van der Waals surface area contributed by atoms with Crippen molar-refractivity contribution in [2.45, 2.75) is 19.4 Å². The SMILES string of the molecule is CCC(NC(=O)c1cnc(-c2ccccc2)nc1)c1ccc(OC)cc1. The molecule has 0 saturated carbocycles. The summed E-state index contributed by atoms with van der Waals surface area (Å²) >= 11 is 0. The number of nitrogens with zero attached hydrogens (tertiary/aromatic N) is 2. The predicted molar refractivity (Wildman–Crippen MR) is 101 cm³/mol. The van der Waals surface area contributed by atoms with Gasteiger partial charge >= 0.3 is 0 Å². The van der Waals surface area contributed by atoms with Gasteiger partial charge < -0.3 is 10.1 Å². The van der Waals surface area contributed by atoms with Gasteiger partial charge in [0.2, 0.25) is 0 Å². The van der Waals surface area contributed by atoms with Gasteiger partial charge in [-0.3, -0.25) is 4.79 Å². The fraction of sp³-hybridized carbons (Fsp3) is 0.190. The highest BCUT2D eigenvalue weighted by Gasteiger charge is 2.15. The fourth-order valence-corrected chi connectivity index (χ4v) is 2.68. The average Bonchev–Trinajstić information content (AvgIpc) is 2.72. The lowest BCUT2D eigenvalue weighted by Gasteiger charge is -2.17. The van der Waals surface area contributed by atoms with Gasteiger partial charge in [-0.15, -0.1) is 0 Å². The Morgan fingerprint density at radius 1 is 1.04 bits per heavy atom. The Labute approximate surface area is 153 Å². The standard InChI is InChI=1S/C21H21N3O2/c1-3-19(15-9-11-18(26-2)12-10-15)24-21(25)17-13-22-20(23-14-17)16-7-5-4-6-8-16/h4-14,19H,3H2,1-2H3,(H,24,25). The maximum Gasteiger partial charge on any atom is 0.254 e. The van der Waals surface area contributed by atoms with Crippen LogP contribution in [0.15, 0.2) is 67.0 Å². The largest absolute Gasteiger partial charge is 0.497 e. The van der Waals surface area contributed by atoms with E-state index >= 15 is 0 Å². The van der Waals surface area contributed by atoms with Gasteiger partial charge in [0.1, 0.15) is 5.75 Å². The quantitative estimate of drug-likeness (QED) is 0.731. The highest BCUT2D eigenvalue weighted by molar-refractivity contribution is 5.94. The summed E-state index contributed by atoms with van der Waals surface area (Å²) in [5.74, 6) is 1.21. The van der Waals surface area contributed by atoms with Crippen LogP contribution in [0.4, 0.5) is 0 Å². The zero-order valence-electron chi connectivity index (χ0n) is 14.8. The third-order valence-electron chi connectivity index (χ3n) is 4.18. The van der Waals surface area contributed by atoms with Gasteiger partial charge in [0, 0.05) is 18.0 Å². The van der Waals surface area contributed by atoms with E-state index < -0.39 is 0 Å². The van der Waals surface area contributed by atoms with Crippen molar-refractivity contribution >= 4 is 5.91 Å². The third-order valence-corrected chi connectivity index (χ3v) is 4.18. The normalized spacial score (nSPS) is 11.6. The number of carbonyl (C=O) groups excluding carboxylic acids is 1. The number of nitrogens with one attached hydrogen (secondary N) is 1. The van der Waals surface area contributed by atoms with Crippen LogP contribution >= 0.6 is 0 Å². The molecule has 5 nitrogen and oxygen atoms in total. The number of rotatable bonds is 6. The van der Waals surface area contributed by atoms with E-state index in [0.717, 1.165) is 23.3 Å². The molecule has 0 fully saturated rings. The summed E-state index contributed by atoms with van der Waals surface area (Å²) in [6.45, 7) is 2.03. The molecule has 1 amide bonds. The van der Waals surface area contributed by atoms with Gasteiger partial charge in [-0.25, -0.2) is 9.97 Å². The second-order valence-corrected chi connectivity index (χ2v) is 5.87. The Balaban J connectivity index is 1.71. The number of methoxy groups -OCH3 is 1. The molecule has 0 aliphatic heterocycles. The molecular weight excluding hydrogens is 326 g/mol. The van der Waals surface area contributed by atoms with Crippen LogP contribution in [0.1, 0.15) is 35.3 Å². The lowest BCUT2D eigenvalue weighted by atomic mass is 10.0. The smallest absolute Gasteiger partial charge is 0.254 e. The molecular formula is C21H21N3O2. The first-order chi connectivity index (χ1) is 12.7. The molecule has 5 heteroatoms. The number of aromatic nitrogens is 2. The molecule has 2 aromatic carbocycles. The van der Waals surface area contributed by atoms with Crippen LogP contribution in [-0.4, -0.2) is 23.0 Å². The van der Waals surface area contributed by atoms with E-state index in [9.17, 15) is 4.79 Å². The minimum absolute atomic E-state index is 0.0813. The number of benzene rings is 2. The molecule has 3 aromatic rings.